The molecule has 4 heterocycles. The molecule has 0 saturated carbocycles. The highest BCUT2D eigenvalue weighted by Gasteiger charge is 2.33. The molecule has 5 aromatic rings. The van der Waals surface area contributed by atoms with Gasteiger partial charge in [0, 0.05) is 35.5 Å². The number of pyridine rings is 1. The predicted octanol–water partition coefficient (Wildman–Crippen LogP) is 4.19. The van der Waals surface area contributed by atoms with Crippen LogP contribution in [-0.4, -0.2) is 36.8 Å². The van der Waals surface area contributed by atoms with Gasteiger partial charge in [0.15, 0.2) is 11.5 Å². The van der Waals surface area contributed by atoms with Crippen LogP contribution in [0, 0.1) is 0 Å². The zero-order valence-corrected chi connectivity index (χ0v) is 17.0. The summed E-state index contributed by atoms with van der Waals surface area (Å²) in [6.45, 7) is 0. The second kappa shape index (κ2) is 7.05. The molecule has 8 nitrogen and oxygen atoms in total. The molecule has 156 valence electrons. The number of phenolic OH excluding ortho intramolecular Hbond substituents is 1. The van der Waals surface area contributed by atoms with Crippen LogP contribution in [0.2, 0.25) is 0 Å². The summed E-state index contributed by atoms with van der Waals surface area (Å²) >= 11 is 0. The first-order valence-electron chi connectivity index (χ1n) is 10.0. The fourth-order valence-corrected chi connectivity index (χ4v) is 4.06. The van der Waals surface area contributed by atoms with Crippen LogP contribution >= 0.6 is 0 Å². The van der Waals surface area contributed by atoms with Crippen molar-refractivity contribution in [3.63, 3.8) is 0 Å². The Kier molecular flexibility index (Phi) is 4.04. The third-order valence-electron chi connectivity index (χ3n) is 5.56. The van der Waals surface area contributed by atoms with Gasteiger partial charge in [0.2, 0.25) is 5.88 Å². The van der Waals surface area contributed by atoms with Crippen LogP contribution in [0.4, 0.5) is 0 Å². The van der Waals surface area contributed by atoms with Gasteiger partial charge in [-0.1, -0.05) is 12.1 Å². The molecule has 6 rings (SSSR count). The number of aromatic hydroxyl groups is 1. The fourth-order valence-electron chi connectivity index (χ4n) is 4.06. The Labute approximate surface area is 182 Å². The van der Waals surface area contributed by atoms with Crippen molar-refractivity contribution < 1.29 is 14.6 Å². The Bertz CT molecular complexity index is 1450. The van der Waals surface area contributed by atoms with Crippen molar-refractivity contribution in [2.24, 2.45) is 0 Å². The second-order valence-corrected chi connectivity index (χ2v) is 7.44. The number of hydrogen-bond donors (Lipinski definition) is 1. The minimum absolute atomic E-state index is 0.127. The Morgan fingerprint density at radius 1 is 1.09 bits per heavy atom. The van der Waals surface area contributed by atoms with E-state index in [0.717, 1.165) is 28.0 Å². The molecule has 1 atom stereocenters. The highest BCUT2D eigenvalue weighted by atomic mass is 16.5. The van der Waals surface area contributed by atoms with Gasteiger partial charge in [-0.25, -0.2) is 14.5 Å². The van der Waals surface area contributed by atoms with Crippen LogP contribution in [-0.2, 0) is 0 Å². The van der Waals surface area contributed by atoms with E-state index in [-0.39, 0.29) is 11.7 Å². The first-order chi connectivity index (χ1) is 15.7. The lowest BCUT2D eigenvalue weighted by Gasteiger charge is -2.27. The Morgan fingerprint density at radius 2 is 1.97 bits per heavy atom. The average Bonchev–Trinajstić information content (AvgIpc) is 3.28. The van der Waals surface area contributed by atoms with Crippen LogP contribution in [0.15, 0.2) is 73.3 Å². The number of benzene rings is 2. The maximum Gasteiger partial charge on any atom is 0.228 e. The van der Waals surface area contributed by atoms with Crippen molar-refractivity contribution in [3.05, 3.63) is 90.0 Å². The minimum atomic E-state index is -0.229. The summed E-state index contributed by atoms with van der Waals surface area (Å²) in [5.74, 6) is 2.22. The molecule has 32 heavy (non-hydrogen) atoms. The SMILES string of the molecule is COc1ccc(-c2nc3c4c(ncn3n2)Oc2cc(O)ccc2[C@H]4c2cccnc2)cc1. The highest BCUT2D eigenvalue weighted by Crippen LogP contribution is 2.48. The van der Waals surface area contributed by atoms with Gasteiger partial charge in [-0.15, -0.1) is 5.10 Å². The summed E-state index contributed by atoms with van der Waals surface area (Å²) < 4.78 is 13.0. The van der Waals surface area contributed by atoms with Gasteiger partial charge >= 0.3 is 0 Å². The van der Waals surface area contributed by atoms with E-state index in [4.69, 9.17) is 14.5 Å². The number of phenols is 1. The Balaban J connectivity index is 1.57. The zero-order chi connectivity index (χ0) is 21.7. The van der Waals surface area contributed by atoms with Crippen molar-refractivity contribution in [1.82, 2.24) is 24.6 Å². The summed E-state index contributed by atoms with van der Waals surface area (Å²) in [6, 6.07) is 16.6. The lowest BCUT2D eigenvalue weighted by molar-refractivity contribution is 0.415. The van der Waals surface area contributed by atoms with Gasteiger partial charge in [-0.05, 0) is 42.0 Å². The first-order valence-corrected chi connectivity index (χ1v) is 10.0. The Morgan fingerprint density at radius 3 is 2.75 bits per heavy atom. The van der Waals surface area contributed by atoms with Crippen molar-refractivity contribution >= 4 is 5.65 Å². The summed E-state index contributed by atoms with van der Waals surface area (Å²) in [5, 5.41) is 14.6. The predicted molar refractivity (Wildman–Crippen MR) is 116 cm³/mol. The Hall–Kier alpha value is -4.46. The van der Waals surface area contributed by atoms with Crippen LogP contribution in [0.25, 0.3) is 17.0 Å². The van der Waals surface area contributed by atoms with Gasteiger partial charge in [0.25, 0.3) is 0 Å². The molecule has 1 N–H and O–H groups in total. The van der Waals surface area contributed by atoms with E-state index >= 15 is 0 Å². The molecule has 0 amide bonds. The molecule has 0 fully saturated rings. The molecule has 0 aliphatic carbocycles. The van der Waals surface area contributed by atoms with E-state index in [1.54, 1.807) is 36.3 Å². The van der Waals surface area contributed by atoms with Crippen LogP contribution < -0.4 is 9.47 Å². The smallest absolute Gasteiger partial charge is 0.228 e. The summed E-state index contributed by atoms with van der Waals surface area (Å²) in [4.78, 5) is 13.6. The van der Waals surface area contributed by atoms with Crippen molar-refractivity contribution in [2.45, 2.75) is 5.92 Å². The number of fused-ring (bicyclic) bond motifs is 4. The molecule has 8 heteroatoms. The molecule has 0 unspecified atom stereocenters. The lowest BCUT2D eigenvalue weighted by Crippen LogP contribution is -2.15. The number of rotatable bonds is 3. The van der Waals surface area contributed by atoms with E-state index < -0.39 is 0 Å². The molecule has 0 radical (unpaired) electrons. The van der Waals surface area contributed by atoms with Crippen molar-refractivity contribution in [1.29, 1.82) is 0 Å². The number of ether oxygens (including phenoxy) is 2. The third-order valence-corrected chi connectivity index (χ3v) is 5.56. The molecular weight excluding hydrogens is 406 g/mol. The van der Waals surface area contributed by atoms with Gasteiger partial charge in [-0.3, -0.25) is 4.98 Å². The fraction of sp³-hybridized carbons (Fsp3) is 0.0833. The minimum Gasteiger partial charge on any atom is -0.508 e. The standard InChI is InChI=1S/C24H17N5O3/c1-31-17-7-4-14(5-8-17)22-27-23-21-20(15-3-2-10-25-12-15)18-9-6-16(30)11-19(18)32-24(21)26-13-29(23)28-22/h2-13,20,30H,1H3/t20-/m1/s1. The van der Waals surface area contributed by atoms with Gasteiger partial charge in [-0.2, -0.15) is 0 Å². The molecule has 3 aromatic heterocycles. The van der Waals surface area contributed by atoms with Gasteiger partial charge in [0.05, 0.1) is 12.7 Å². The van der Waals surface area contributed by atoms with E-state index in [2.05, 4.69) is 15.1 Å². The topological polar surface area (TPSA) is 94.7 Å². The largest absolute Gasteiger partial charge is 0.508 e. The quantitative estimate of drug-likeness (QED) is 0.456. The van der Waals surface area contributed by atoms with Crippen LogP contribution in [0.1, 0.15) is 22.6 Å². The van der Waals surface area contributed by atoms with E-state index in [1.807, 2.05) is 48.7 Å². The van der Waals surface area contributed by atoms with Gasteiger partial charge < -0.3 is 14.6 Å². The highest BCUT2D eigenvalue weighted by molar-refractivity contribution is 5.68. The second-order valence-electron chi connectivity index (χ2n) is 7.44. The maximum absolute atomic E-state index is 9.98. The maximum atomic E-state index is 9.98. The summed E-state index contributed by atoms with van der Waals surface area (Å²) in [7, 11) is 1.63. The molecule has 0 bridgehead atoms. The molecule has 2 aromatic carbocycles. The van der Waals surface area contributed by atoms with Gasteiger partial charge in [0.1, 0.15) is 23.6 Å². The molecule has 0 spiro atoms. The van der Waals surface area contributed by atoms with Crippen LogP contribution in [0.3, 0.4) is 0 Å². The number of methoxy groups -OCH3 is 1. The van der Waals surface area contributed by atoms with Crippen molar-refractivity contribution in [3.8, 4) is 34.5 Å². The zero-order valence-electron chi connectivity index (χ0n) is 17.0. The lowest BCUT2D eigenvalue weighted by atomic mass is 9.84. The molecule has 1 aliphatic heterocycles. The molecular formula is C24H17N5O3. The normalized spacial score (nSPS) is 14.5. The molecule has 0 saturated heterocycles. The number of nitrogens with zero attached hydrogens (tertiary/aromatic N) is 5. The monoisotopic (exact) mass is 423 g/mol. The van der Waals surface area contributed by atoms with E-state index in [9.17, 15) is 5.11 Å². The van der Waals surface area contributed by atoms with Crippen LogP contribution in [0.5, 0.6) is 23.1 Å². The molecule has 1 aliphatic rings. The summed E-state index contributed by atoms with van der Waals surface area (Å²) in [5.41, 5.74) is 4.17. The first kappa shape index (κ1) is 18.3. The third kappa shape index (κ3) is 2.84. The number of hydrogen-bond acceptors (Lipinski definition) is 7. The number of aromatic nitrogens is 5. The van der Waals surface area contributed by atoms with Crippen molar-refractivity contribution in [2.75, 3.05) is 7.11 Å². The van der Waals surface area contributed by atoms with E-state index in [1.165, 1.54) is 0 Å². The summed E-state index contributed by atoms with van der Waals surface area (Å²) in [6.07, 6.45) is 5.14. The average molecular weight is 423 g/mol. The van der Waals surface area contributed by atoms with E-state index in [0.29, 0.717) is 23.1 Å².